The Balaban J connectivity index is 2.03. The SMILES string of the molecule is OC1(O)CC2(CC2)C2CC(F)C(O)(O)N21. The second kappa shape index (κ2) is 2.36. The third-order valence-electron chi connectivity index (χ3n) is 4.09. The Morgan fingerprint density at radius 1 is 1.13 bits per heavy atom. The summed E-state index contributed by atoms with van der Waals surface area (Å²) in [6.07, 6.45) is -0.241. The lowest BCUT2D eigenvalue weighted by atomic mass is 9.94. The van der Waals surface area contributed by atoms with E-state index in [1.807, 2.05) is 0 Å². The number of aliphatic hydroxyl groups is 4. The van der Waals surface area contributed by atoms with E-state index in [2.05, 4.69) is 0 Å². The predicted molar refractivity (Wildman–Crippen MR) is 45.8 cm³/mol. The van der Waals surface area contributed by atoms with Crippen molar-refractivity contribution in [3.63, 3.8) is 0 Å². The van der Waals surface area contributed by atoms with E-state index in [-0.39, 0.29) is 18.3 Å². The fourth-order valence-electron chi connectivity index (χ4n) is 3.22. The van der Waals surface area contributed by atoms with Gasteiger partial charge in [0.05, 0.1) is 0 Å². The fraction of sp³-hybridized carbons (Fsp3) is 1.00. The number of fused-ring (bicyclic) bond motifs is 2. The van der Waals surface area contributed by atoms with Crippen LogP contribution in [0.3, 0.4) is 0 Å². The van der Waals surface area contributed by atoms with E-state index in [9.17, 15) is 24.8 Å². The minimum absolute atomic E-state index is 0.0458. The lowest BCUT2D eigenvalue weighted by molar-refractivity contribution is -0.373. The normalized spacial score (nSPS) is 44.6. The molecular formula is C9H14FNO4. The lowest BCUT2D eigenvalue weighted by Crippen LogP contribution is -2.59. The van der Waals surface area contributed by atoms with Gasteiger partial charge in [0.2, 0.25) is 5.91 Å². The quantitative estimate of drug-likeness (QED) is 0.387. The number of rotatable bonds is 0. The van der Waals surface area contributed by atoms with E-state index in [0.717, 1.165) is 17.7 Å². The van der Waals surface area contributed by atoms with Gasteiger partial charge in [-0.05, 0) is 18.3 Å². The summed E-state index contributed by atoms with van der Waals surface area (Å²) in [6.45, 7) is 0. The highest BCUT2D eigenvalue weighted by Crippen LogP contribution is 2.65. The molecule has 0 radical (unpaired) electrons. The smallest absolute Gasteiger partial charge is 0.262 e. The van der Waals surface area contributed by atoms with Gasteiger partial charge in [-0.25, -0.2) is 4.39 Å². The van der Waals surface area contributed by atoms with Gasteiger partial charge in [-0.1, -0.05) is 0 Å². The molecule has 86 valence electrons. The standard InChI is InChI=1S/C9H14FNO4/c10-5-3-6-7(1-2-7)4-8(12,13)11(6)9(5,14)15/h5-6,12-15H,1-4H2. The maximum Gasteiger partial charge on any atom is 0.262 e. The van der Waals surface area contributed by atoms with Crippen LogP contribution in [0.5, 0.6) is 0 Å². The molecular weight excluding hydrogens is 205 g/mol. The monoisotopic (exact) mass is 219 g/mol. The van der Waals surface area contributed by atoms with Crippen molar-refractivity contribution in [2.24, 2.45) is 5.41 Å². The molecule has 0 aromatic carbocycles. The van der Waals surface area contributed by atoms with Crippen molar-refractivity contribution in [2.45, 2.75) is 49.7 Å². The Labute approximate surface area is 85.7 Å². The molecule has 2 aliphatic heterocycles. The fourth-order valence-corrected chi connectivity index (χ4v) is 3.22. The summed E-state index contributed by atoms with van der Waals surface area (Å²) in [4.78, 5) is 0.720. The van der Waals surface area contributed by atoms with E-state index >= 15 is 0 Å². The Bertz CT molecular complexity index is 315. The summed E-state index contributed by atoms with van der Waals surface area (Å²) in [7, 11) is 0. The van der Waals surface area contributed by atoms with Gasteiger partial charge in [0, 0.05) is 18.9 Å². The van der Waals surface area contributed by atoms with Crippen LogP contribution >= 0.6 is 0 Å². The highest BCUT2D eigenvalue weighted by atomic mass is 19.1. The van der Waals surface area contributed by atoms with Gasteiger partial charge in [0.15, 0.2) is 6.17 Å². The molecule has 0 amide bonds. The molecule has 0 aromatic rings. The summed E-state index contributed by atoms with van der Waals surface area (Å²) in [5.41, 5.74) is -0.318. The van der Waals surface area contributed by atoms with E-state index < -0.39 is 24.0 Å². The summed E-state index contributed by atoms with van der Waals surface area (Å²) in [5.74, 6) is -5.05. The Kier molecular flexibility index (Phi) is 1.56. The Hall–Kier alpha value is -0.270. The van der Waals surface area contributed by atoms with Crippen LogP contribution in [-0.4, -0.2) is 49.4 Å². The van der Waals surface area contributed by atoms with Gasteiger partial charge in [-0.3, -0.25) is 0 Å². The first-order valence-corrected chi connectivity index (χ1v) is 5.13. The molecule has 0 aromatic heterocycles. The molecule has 3 rings (SSSR count). The van der Waals surface area contributed by atoms with E-state index in [1.165, 1.54) is 0 Å². The maximum absolute atomic E-state index is 13.4. The molecule has 1 spiro atoms. The van der Waals surface area contributed by atoms with E-state index in [4.69, 9.17) is 0 Å². The largest absolute Gasteiger partial charge is 0.353 e. The first kappa shape index (κ1) is 9.92. The predicted octanol–water partition coefficient (Wildman–Crippen LogP) is -1.14. The third kappa shape index (κ3) is 1.03. The second-order valence-corrected chi connectivity index (χ2v) is 5.09. The van der Waals surface area contributed by atoms with Crippen molar-refractivity contribution in [2.75, 3.05) is 0 Å². The minimum atomic E-state index is -2.75. The van der Waals surface area contributed by atoms with Crippen LogP contribution in [0.1, 0.15) is 25.7 Å². The van der Waals surface area contributed by atoms with Gasteiger partial charge >= 0.3 is 0 Å². The number of hydrogen-bond acceptors (Lipinski definition) is 5. The Morgan fingerprint density at radius 2 is 1.73 bits per heavy atom. The number of halogens is 1. The zero-order valence-corrected chi connectivity index (χ0v) is 8.10. The van der Waals surface area contributed by atoms with Crippen LogP contribution in [0.2, 0.25) is 0 Å². The molecule has 2 saturated heterocycles. The molecule has 3 aliphatic rings. The van der Waals surface area contributed by atoms with Crippen molar-refractivity contribution in [1.29, 1.82) is 0 Å². The van der Waals surface area contributed by atoms with Gasteiger partial charge in [-0.2, -0.15) is 4.90 Å². The molecule has 2 heterocycles. The summed E-state index contributed by atoms with van der Waals surface area (Å²) in [6, 6.07) is -0.475. The molecule has 6 heteroatoms. The highest BCUT2D eigenvalue weighted by Gasteiger charge is 2.73. The minimum Gasteiger partial charge on any atom is -0.353 e. The van der Waals surface area contributed by atoms with Crippen LogP contribution < -0.4 is 0 Å². The van der Waals surface area contributed by atoms with Crippen LogP contribution in [0.25, 0.3) is 0 Å². The van der Waals surface area contributed by atoms with Crippen molar-refractivity contribution in [3.8, 4) is 0 Å². The molecule has 15 heavy (non-hydrogen) atoms. The molecule has 1 saturated carbocycles. The zero-order chi connectivity index (χ0) is 11.1. The van der Waals surface area contributed by atoms with Crippen molar-refractivity contribution in [1.82, 2.24) is 4.90 Å². The van der Waals surface area contributed by atoms with Crippen LogP contribution in [0.4, 0.5) is 4.39 Å². The van der Waals surface area contributed by atoms with Gasteiger partial charge in [0.25, 0.3) is 5.91 Å². The van der Waals surface area contributed by atoms with Crippen molar-refractivity contribution in [3.05, 3.63) is 0 Å². The first-order chi connectivity index (χ1) is 6.80. The van der Waals surface area contributed by atoms with Crippen LogP contribution in [-0.2, 0) is 0 Å². The van der Waals surface area contributed by atoms with Gasteiger partial charge in [0.1, 0.15) is 0 Å². The van der Waals surface area contributed by atoms with E-state index in [1.54, 1.807) is 0 Å². The summed E-state index contributed by atoms with van der Waals surface area (Å²) in [5, 5.41) is 38.4. The topological polar surface area (TPSA) is 84.2 Å². The number of hydrogen-bond donors (Lipinski definition) is 4. The average molecular weight is 219 g/mol. The number of alkyl halides is 1. The third-order valence-corrected chi connectivity index (χ3v) is 4.09. The maximum atomic E-state index is 13.4. The molecule has 2 atom stereocenters. The Morgan fingerprint density at radius 3 is 2.27 bits per heavy atom. The molecule has 5 nitrogen and oxygen atoms in total. The summed E-state index contributed by atoms with van der Waals surface area (Å²) < 4.78 is 13.4. The molecule has 1 aliphatic carbocycles. The molecule has 2 unspecified atom stereocenters. The molecule has 0 bridgehead atoms. The van der Waals surface area contributed by atoms with Crippen molar-refractivity contribution >= 4 is 0 Å². The van der Waals surface area contributed by atoms with Crippen molar-refractivity contribution < 1.29 is 24.8 Å². The zero-order valence-electron chi connectivity index (χ0n) is 8.10. The van der Waals surface area contributed by atoms with E-state index in [0.29, 0.717) is 0 Å². The molecule has 4 N–H and O–H groups in total. The lowest BCUT2D eigenvalue weighted by Gasteiger charge is -2.35. The van der Waals surface area contributed by atoms with Crippen LogP contribution in [0, 0.1) is 5.41 Å². The highest BCUT2D eigenvalue weighted by molar-refractivity contribution is 5.16. The summed E-state index contributed by atoms with van der Waals surface area (Å²) >= 11 is 0. The second-order valence-electron chi connectivity index (χ2n) is 5.09. The van der Waals surface area contributed by atoms with Gasteiger partial charge in [-0.15, -0.1) is 0 Å². The van der Waals surface area contributed by atoms with Gasteiger partial charge < -0.3 is 20.4 Å². The number of nitrogens with zero attached hydrogens (tertiary/aromatic N) is 1. The first-order valence-electron chi connectivity index (χ1n) is 5.13. The van der Waals surface area contributed by atoms with Crippen LogP contribution in [0.15, 0.2) is 0 Å². The average Bonchev–Trinajstić information content (AvgIpc) is 2.71. The molecule has 3 fully saturated rings.